The van der Waals surface area contributed by atoms with Crippen LogP contribution >= 0.6 is 0 Å². The lowest BCUT2D eigenvalue weighted by atomic mass is 10.1. The van der Waals surface area contributed by atoms with Gasteiger partial charge in [-0.2, -0.15) is 13.2 Å². The van der Waals surface area contributed by atoms with Gasteiger partial charge in [-0.05, 0) is 55.9 Å². The largest absolute Gasteiger partial charge is 0.492 e. The quantitative estimate of drug-likeness (QED) is 0.387. The molecule has 2 N–H and O–H groups in total. The van der Waals surface area contributed by atoms with Crippen LogP contribution in [-0.2, 0) is 17.4 Å². The van der Waals surface area contributed by atoms with Crippen LogP contribution in [0.15, 0.2) is 48.7 Å². The fraction of sp³-hybridized carbons (Fsp3) is 0.406. The van der Waals surface area contributed by atoms with E-state index in [2.05, 4.69) is 25.4 Å². The van der Waals surface area contributed by atoms with Crippen LogP contribution in [0.25, 0.3) is 0 Å². The molecule has 13 heteroatoms. The predicted molar refractivity (Wildman–Crippen MR) is 157 cm³/mol. The summed E-state index contributed by atoms with van der Waals surface area (Å²) in [5, 5.41) is 5.60. The fourth-order valence-corrected chi connectivity index (χ4v) is 6.17. The molecule has 0 radical (unpaired) electrons. The first kappa shape index (κ1) is 29.4. The number of hydrogen-bond acceptors (Lipinski definition) is 8. The molecule has 1 saturated heterocycles. The Bertz CT molecular complexity index is 1640. The van der Waals surface area contributed by atoms with Crippen molar-refractivity contribution in [3.8, 4) is 23.0 Å². The highest BCUT2D eigenvalue weighted by atomic mass is 19.4. The van der Waals surface area contributed by atoms with Crippen LogP contribution in [0.1, 0.15) is 39.4 Å². The lowest BCUT2D eigenvalue weighted by Gasteiger charge is -2.32. The molecule has 2 fully saturated rings. The van der Waals surface area contributed by atoms with Crippen molar-refractivity contribution in [1.82, 2.24) is 20.1 Å². The van der Waals surface area contributed by atoms with E-state index in [1.54, 1.807) is 24.4 Å². The number of aromatic nitrogens is 1. The number of pyridine rings is 1. The molecule has 10 nitrogen and oxygen atoms in total. The second kappa shape index (κ2) is 11.5. The maximum Gasteiger partial charge on any atom is 0.419 e. The zero-order valence-electron chi connectivity index (χ0n) is 24.5. The van der Waals surface area contributed by atoms with Crippen molar-refractivity contribution < 1.29 is 37.0 Å². The molecule has 3 aliphatic heterocycles. The first-order valence-corrected chi connectivity index (χ1v) is 15.0. The minimum atomic E-state index is -4.69. The number of halogens is 3. The van der Waals surface area contributed by atoms with Gasteiger partial charge >= 0.3 is 6.18 Å². The number of anilines is 1. The third kappa shape index (κ3) is 6.01. The predicted octanol–water partition coefficient (Wildman–Crippen LogP) is 4.06. The van der Waals surface area contributed by atoms with Gasteiger partial charge < -0.3 is 29.7 Å². The van der Waals surface area contributed by atoms with Gasteiger partial charge in [-0.25, -0.2) is 4.98 Å². The number of nitrogens with one attached hydrogen (secondary N) is 2. The van der Waals surface area contributed by atoms with Crippen LogP contribution in [-0.4, -0.2) is 85.1 Å². The zero-order valence-corrected chi connectivity index (χ0v) is 24.5. The van der Waals surface area contributed by atoms with E-state index >= 15 is 0 Å². The van der Waals surface area contributed by atoms with Crippen LogP contribution in [0.4, 0.5) is 19.0 Å². The van der Waals surface area contributed by atoms with Crippen molar-refractivity contribution in [3.63, 3.8) is 0 Å². The second-order valence-electron chi connectivity index (χ2n) is 11.8. The first-order chi connectivity index (χ1) is 21.6. The number of carbonyl (C=O) groups is 2. The van der Waals surface area contributed by atoms with Crippen molar-refractivity contribution in [2.45, 2.75) is 37.1 Å². The normalized spacial score (nSPS) is 22.4. The number of likely N-dealkylation sites (N-methyl/N-ethyl adjacent to an activating group) is 1. The van der Waals surface area contributed by atoms with Crippen LogP contribution < -0.4 is 24.8 Å². The molecule has 236 valence electrons. The molecular formula is C32H32F3N5O5. The molecule has 3 atom stereocenters. The van der Waals surface area contributed by atoms with Crippen molar-refractivity contribution in [2.75, 3.05) is 51.7 Å². The number of nitrogens with zero attached hydrogens (tertiary/aromatic N) is 3. The van der Waals surface area contributed by atoms with Gasteiger partial charge in [0, 0.05) is 62.0 Å². The number of ether oxygens (including phenoxy) is 3. The number of hydrogen-bond donors (Lipinski definition) is 2. The van der Waals surface area contributed by atoms with Crippen LogP contribution in [0.5, 0.6) is 23.0 Å². The van der Waals surface area contributed by atoms with Gasteiger partial charge in [0.05, 0.1) is 17.5 Å². The molecule has 4 heterocycles. The van der Waals surface area contributed by atoms with Crippen molar-refractivity contribution in [2.24, 2.45) is 0 Å². The van der Waals surface area contributed by atoms with Crippen molar-refractivity contribution in [3.05, 3.63) is 70.9 Å². The van der Waals surface area contributed by atoms with Crippen molar-refractivity contribution in [1.29, 1.82) is 0 Å². The molecule has 3 aromatic rings. The van der Waals surface area contributed by atoms with E-state index in [0.717, 1.165) is 43.4 Å². The maximum absolute atomic E-state index is 14.0. The third-order valence-electron chi connectivity index (χ3n) is 8.76. The molecule has 0 unspecified atom stereocenters. The Hall–Kier alpha value is -4.36. The molecule has 45 heavy (non-hydrogen) atoms. The molecule has 2 aromatic carbocycles. The van der Waals surface area contributed by atoms with Crippen LogP contribution in [0, 0.1) is 0 Å². The molecule has 7 rings (SSSR count). The molecule has 4 aliphatic rings. The summed E-state index contributed by atoms with van der Waals surface area (Å²) >= 11 is 0. The van der Waals surface area contributed by atoms with Crippen LogP contribution in [0.2, 0.25) is 0 Å². The summed E-state index contributed by atoms with van der Waals surface area (Å²) in [7, 11) is 2.04. The van der Waals surface area contributed by atoms with E-state index in [9.17, 15) is 22.8 Å². The minimum Gasteiger partial charge on any atom is -0.492 e. The lowest BCUT2D eigenvalue weighted by Crippen LogP contribution is -2.45. The smallest absolute Gasteiger partial charge is 0.419 e. The minimum absolute atomic E-state index is 0.0923. The number of piperazine rings is 1. The fourth-order valence-electron chi connectivity index (χ4n) is 6.17. The monoisotopic (exact) mass is 623 g/mol. The highest BCUT2D eigenvalue weighted by Gasteiger charge is 2.59. The second-order valence-corrected chi connectivity index (χ2v) is 11.8. The summed E-state index contributed by atoms with van der Waals surface area (Å²) < 4.78 is 59.6. The highest BCUT2D eigenvalue weighted by molar-refractivity contribution is 5.95. The molecule has 0 spiro atoms. The van der Waals surface area contributed by atoms with Gasteiger partial charge in [-0.15, -0.1) is 0 Å². The van der Waals surface area contributed by atoms with Gasteiger partial charge in [0.15, 0.2) is 0 Å². The number of carbonyl (C=O) groups excluding carboxylic acids is 2. The summed E-state index contributed by atoms with van der Waals surface area (Å²) in [6.45, 7) is 4.12. The van der Waals surface area contributed by atoms with Gasteiger partial charge in [0.25, 0.3) is 5.91 Å². The Morgan fingerprint density at radius 3 is 2.71 bits per heavy atom. The maximum atomic E-state index is 14.0. The SMILES string of the molecule is CN1CCN(CCOc2ccc(C(=O)N[C@H]3[C@H]4Oc5ccc(Oc6ccnc7c6CCC(=O)N7)cc5[C@@H]34)cc2C(F)(F)F)CC1. The Labute approximate surface area is 257 Å². The van der Waals surface area contributed by atoms with Crippen molar-refractivity contribution >= 4 is 17.6 Å². The molecule has 1 saturated carbocycles. The van der Waals surface area contributed by atoms with E-state index < -0.39 is 23.7 Å². The van der Waals surface area contributed by atoms with Gasteiger partial charge in [-0.3, -0.25) is 14.5 Å². The number of amides is 2. The summed E-state index contributed by atoms with van der Waals surface area (Å²) in [5.41, 5.74) is 0.573. The molecular weight excluding hydrogens is 591 g/mol. The molecule has 2 amide bonds. The van der Waals surface area contributed by atoms with E-state index in [1.165, 1.54) is 12.1 Å². The molecule has 0 bridgehead atoms. The van der Waals surface area contributed by atoms with E-state index in [0.29, 0.717) is 42.5 Å². The first-order valence-electron chi connectivity index (χ1n) is 15.0. The van der Waals surface area contributed by atoms with E-state index in [4.69, 9.17) is 14.2 Å². The number of fused-ring (bicyclic) bond motifs is 4. The van der Waals surface area contributed by atoms with Crippen LogP contribution in [0.3, 0.4) is 0 Å². The summed E-state index contributed by atoms with van der Waals surface area (Å²) in [4.78, 5) is 33.4. The number of alkyl halides is 3. The Morgan fingerprint density at radius 1 is 1.09 bits per heavy atom. The average molecular weight is 624 g/mol. The third-order valence-corrected chi connectivity index (χ3v) is 8.76. The van der Waals surface area contributed by atoms with E-state index in [-0.39, 0.29) is 35.8 Å². The Kier molecular flexibility index (Phi) is 7.52. The average Bonchev–Trinajstić information content (AvgIpc) is 3.53. The number of benzene rings is 2. The summed E-state index contributed by atoms with van der Waals surface area (Å²) in [6.07, 6.45) is -2.58. The zero-order chi connectivity index (χ0) is 31.3. The summed E-state index contributed by atoms with van der Waals surface area (Å²) in [6, 6.07) is 10.2. The van der Waals surface area contributed by atoms with Gasteiger partial charge in [0.1, 0.15) is 41.5 Å². The number of rotatable bonds is 8. The highest BCUT2D eigenvalue weighted by Crippen LogP contribution is 2.54. The molecule has 1 aliphatic carbocycles. The molecule has 1 aromatic heterocycles. The van der Waals surface area contributed by atoms with Gasteiger partial charge in [-0.1, -0.05) is 0 Å². The standard InChI is InChI=1S/C32H32F3N5O5/c1-39-10-12-40(13-11-39)14-15-43-25-5-2-18(16-22(25)32(33,34)35)31(42)38-28-27-21-17-19(3-6-23(21)45-29(27)28)44-24-8-9-36-30-20(24)4-7-26(41)37-30/h2-3,5-6,8-9,16-17,27-29H,4,7,10-15H2,1H3,(H,38,42)(H,36,37,41)/t27-,28+,29-/m0/s1. The lowest BCUT2D eigenvalue weighted by molar-refractivity contribution is -0.139. The summed E-state index contributed by atoms with van der Waals surface area (Å²) in [5.74, 6) is 1.14. The van der Waals surface area contributed by atoms with Gasteiger partial charge in [0.2, 0.25) is 5.91 Å². The van der Waals surface area contributed by atoms with E-state index in [1.807, 2.05) is 13.1 Å². The Balaban J connectivity index is 1.00. The Morgan fingerprint density at radius 2 is 1.91 bits per heavy atom. The topological polar surface area (TPSA) is 105 Å².